The molecule has 9 heteroatoms. The molecule has 2 aromatic heterocycles. The lowest BCUT2D eigenvalue weighted by Crippen LogP contribution is -2.30. The van der Waals surface area contributed by atoms with Gasteiger partial charge in [0, 0.05) is 13.1 Å². The summed E-state index contributed by atoms with van der Waals surface area (Å²) in [5.41, 5.74) is 1.53. The van der Waals surface area contributed by atoms with Gasteiger partial charge in [0.25, 0.3) is 5.91 Å². The lowest BCUT2D eigenvalue weighted by atomic mass is 10.2. The number of carbonyl (C=O) groups excluding carboxylic acids is 2. The molecule has 0 spiro atoms. The number of amides is 1. The van der Waals surface area contributed by atoms with Crippen molar-refractivity contribution in [2.75, 3.05) is 17.7 Å². The van der Waals surface area contributed by atoms with Crippen molar-refractivity contribution >= 4 is 34.3 Å². The van der Waals surface area contributed by atoms with Crippen LogP contribution in [-0.4, -0.2) is 34.6 Å². The third-order valence-electron chi connectivity index (χ3n) is 2.82. The van der Waals surface area contributed by atoms with Crippen molar-refractivity contribution < 1.29 is 18.8 Å². The van der Waals surface area contributed by atoms with E-state index in [1.54, 1.807) is 27.0 Å². The summed E-state index contributed by atoms with van der Waals surface area (Å²) in [6, 6.07) is 1.57. The maximum atomic E-state index is 12.2. The molecule has 0 aliphatic carbocycles. The Hall–Kier alpha value is -2.42. The van der Waals surface area contributed by atoms with Gasteiger partial charge in [-0.05, 0) is 32.3 Å². The molecule has 0 aliphatic heterocycles. The van der Waals surface area contributed by atoms with E-state index in [0.717, 1.165) is 11.5 Å². The van der Waals surface area contributed by atoms with Crippen LogP contribution in [0.2, 0.25) is 0 Å². The van der Waals surface area contributed by atoms with Gasteiger partial charge in [-0.2, -0.15) is 4.37 Å². The van der Waals surface area contributed by atoms with Crippen LogP contribution >= 0.6 is 11.5 Å². The number of hydrogen-bond donors (Lipinski definition) is 2. The molecular weight excluding hydrogens is 308 g/mol. The summed E-state index contributed by atoms with van der Waals surface area (Å²) in [6.07, 6.45) is -0.984. The van der Waals surface area contributed by atoms with Gasteiger partial charge < -0.3 is 14.6 Å². The van der Waals surface area contributed by atoms with Crippen molar-refractivity contribution in [2.45, 2.75) is 26.9 Å². The van der Waals surface area contributed by atoms with E-state index in [-0.39, 0.29) is 5.88 Å². The molecule has 22 heavy (non-hydrogen) atoms. The zero-order chi connectivity index (χ0) is 16.3. The second-order valence-corrected chi connectivity index (χ2v) is 5.36. The minimum Gasteiger partial charge on any atom is -0.449 e. The van der Waals surface area contributed by atoms with Crippen LogP contribution in [-0.2, 0) is 9.53 Å². The van der Waals surface area contributed by atoms with Crippen LogP contribution in [0.4, 0.5) is 10.9 Å². The van der Waals surface area contributed by atoms with Crippen LogP contribution in [0, 0.1) is 13.8 Å². The van der Waals surface area contributed by atoms with Crippen LogP contribution in [0.1, 0.15) is 28.7 Å². The molecule has 0 saturated carbocycles. The normalized spacial score (nSPS) is 11.8. The third kappa shape index (κ3) is 3.42. The minimum atomic E-state index is -0.984. The highest BCUT2D eigenvalue weighted by molar-refractivity contribution is 7.10. The molecule has 0 aromatic carbocycles. The standard InChI is InChI=1S/C13H16N4O4S/c1-6-5-9(21-16-6)15-11(18)8(3)20-13(19)10-7(2)17-22-12(10)14-4/h5,8,14H,1-4H3,(H,15,18)/t8-/m1/s1. The van der Waals surface area contributed by atoms with Gasteiger partial charge in [0.15, 0.2) is 6.10 Å². The molecule has 2 aromatic rings. The Bertz CT molecular complexity index is 694. The predicted octanol–water partition coefficient (Wildman–Crippen LogP) is 1.97. The maximum absolute atomic E-state index is 12.2. The monoisotopic (exact) mass is 324 g/mol. The summed E-state index contributed by atoms with van der Waals surface area (Å²) in [6.45, 7) is 4.91. The Balaban J connectivity index is 2.01. The average molecular weight is 324 g/mol. The summed E-state index contributed by atoms with van der Waals surface area (Å²) in [4.78, 5) is 24.1. The number of hydrogen-bond acceptors (Lipinski definition) is 8. The van der Waals surface area contributed by atoms with Gasteiger partial charge in [0.05, 0.1) is 11.4 Å². The molecule has 8 nitrogen and oxygen atoms in total. The van der Waals surface area contributed by atoms with E-state index in [9.17, 15) is 9.59 Å². The highest BCUT2D eigenvalue weighted by atomic mass is 32.1. The van der Waals surface area contributed by atoms with Crippen molar-refractivity contribution in [3.63, 3.8) is 0 Å². The fraction of sp³-hybridized carbons (Fsp3) is 0.385. The van der Waals surface area contributed by atoms with Crippen molar-refractivity contribution in [2.24, 2.45) is 0 Å². The summed E-state index contributed by atoms with van der Waals surface area (Å²) < 4.78 is 14.1. The largest absolute Gasteiger partial charge is 0.449 e. The van der Waals surface area contributed by atoms with Gasteiger partial charge in [-0.3, -0.25) is 10.1 Å². The first-order chi connectivity index (χ1) is 10.4. The number of nitrogens with one attached hydrogen (secondary N) is 2. The van der Waals surface area contributed by atoms with Crippen LogP contribution in [0.25, 0.3) is 0 Å². The maximum Gasteiger partial charge on any atom is 0.343 e. The lowest BCUT2D eigenvalue weighted by Gasteiger charge is -2.12. The van der Waals surface area contributed by atoms with Crippen LogP contribution < -0.4 is 10.6 Å². The van der Waals surface area contributed by atoms with E-state index in [1.807, 2.05) is 0 Å². The highest BCUT2D eigenvalue weighted by Gasteiger charge is 2.24. The summed E-state index contributed by atoms with van der Waals surface area (Å²) >= 11 is 1.16. The number of nitrogens with zero attached hydrogens (tertiary/aromatic N) is 2. The molecular formula is C13H16N4O4S. The minimum absolute atomic E-state index is 0.203. The van der Waals surface area contributed by atoms with Gasteiger partial charge in [0.2, 0.25) is 5.88 Å². The topological polar surface area (TPSA) is 106 Å². The molecule has 118 valence electrons. The fourth-order valence-corrected chi connectivity index (χ4v) is 2.43. The number of rotatable bonds is 5. The number of esters is 1. The van der Waals surface area contributed by atoms with Crippen molar-refractivity contribution in [1.29, 1.82) is 0 Å². The van der Waals surface area contributed by atoms with E-state index in [4.69, 9.17) is 9.26 Å². The Morgan fingerprint density at radius 2 is 2.14 bits per heavy atom. The number of anilines is 2. The number of carbonyl (C=O) groups is 2. The lowest BCUT2D eigenvalue weighted by molar-refractivity contribution is -0.123. The van der Waals surface area contributed by atoms with Gasteiger partial charge in [-0.1, -0.05) is 5.16 Å². The Morgan fingerprint density at radius 1 is 1.41 bits per heavy atom. The van der Waals surface area contributed by atoms with Crippen LogP contribution in [0.15, 0.2) is 10.6 Å². The van der Waals surface area contributed by atoms with E-state index in [1.165, 1.54) is 6.92 Å². The smallest absolute Gasteiger partial charge is 0.343 e. The Labute approximate surface area is 131 Å². The molecule has 1 amide bonds. The van der Waals surface area contributed by atoms with Gasteiger partial charge in [0.1, 0.15) is 10.6 Å². The van der Waals surface area contributed by atoms with Crippen LogP contribution in [0.5, 0.6) is 0 Å². The molecule has 0 fully saturated rings. The molecule has 2 N–H and O–H groups in total. The third-order valence-corrected chi connectivity index (χ3v) is 3.78. The Kier molecular flexibility index (Phi) is 4.76. The first kappa shape index (κ1) is 16.0. The van der Waals surface area contributed by atoms with Crippen molar-refractivity contribution in [1.82, 2.24) is 9.53 Å². The van der Waals surface area contributed by atoms with E-state index >= 15 is 0 Å². The first-order valence-corrected chi connectivity index (χ1v) is 7.29. The van der Waals surface area contributed by atoms with E-state index < -0.39 is 18.0 Å². The second kappa shape index (κ2) is 6.56. The molecule has 0 bridgehead atoms. The van der Waals surface area contributed by atoms with E-state index in [2.05, 4.69) is 20.2 Å². The summed E-state index contributed by atoms with van der Waals surface area (Å²) in [7, 11) is 1.69. The SMILES string of the molecule is CNc1snc(C)c1C(=O)O[C@H](C)C(=O)Nc1cc(C)no1. The van der Waals surface area contributed by atoms with Crippen molar-refractivity contribution in [3.8, 4) is 0 Å². The molecule has 0 aliphatic rings. The molecule has 0 unspecified atom stereocenters. The molecule has 1 atom stereocenters. The quantitative estimate of drug-likeness (QED) is 0.810. The number of ether oxygens (including phenoxy) is 1. The molecule has 2 rings (SSSR count). The predicted molar refractivity (Wildman–Crippen MR) is 81.1 cm³/mol. The summed E-state index contributed by atoms with van der Waals surface area (Å²) in [5.74, 6) is -0.905. The zero-order valence-corrected chi connectivity index (χ0v) is 13.4. The fourth-order valence-electron chi connectivity index (χ4n) is 1.70. The van der Waals surface area contributed by atoms with Gasteiger partial charge in [-0.15, -0.1) is 0 Å². The Morgan fingerprint density at radius 3 is 2.73 bits per heavy atom. The number of aryl methyl sites for hydroxylation is 2. The molecule has 2 heterocycles. The zero-order valence-electron chi connectivity index (χ0n) is 12.6. The second-order valence-electron chi connectivity index (χ2n) is 4.59. The van der Waals surface area contributed by atoms with Crippen LogP contribution in [0.3, 0.4) is 0 Å². The average Bonchev–Trinajstić information content (AvgIpc) is 3.04. The first-order valence-electron chi connectivity index (χ1n) is 6.51. The van der Waals surface area contributed by atoms with Gasteiger partial charge in [-0.25, -0.2) is 4.79 Å². The molecule has 0 radical (unpaired) electrons. The molecule has 0 saturated heterocycles. The van der Waals surface area contributed by atoms with E-state index in [0.29, 0.717) is 22.0 Å². The summed E-state index contributed by atoms with van der Waals surface area (Å²) in [5, 5.41) is 9.61. The van der Waals surface area contributed by atoms with Crippen molar-refractivity contribution in [3.05, 3.63) is 23.0 Å². The highest BCUT2D eigenvalue weighted by Crippen LogP contribution is 2.25. The van der Waals surface area contributed by atoms with Gasteiger partial charge >= 0.3 is 5.97 Å². The number of aromatic nitrogens is 2.